The minimum absolute atomic E-state index is 0.0217. The van der Waals surface area contributed by atoms with E-state index in [0.29, 0.717) is 17.6 Å². The van der Waals surface area contributed by atoms with Gasteiger partial charge in [-0.15, -0.1) is 0 Å². The Labute approximate surface area is 89.0 Å². The topological polar surface area (TPSA) is 74.2 Å². The number of nitrogens with zero attached hydrogens (tertiary/aromatic N) is 2. The number of hydrogen-bond acceptors (Lipinski definition) is 5. The molecule has 15 heavy (non-hydrogen) atoms. The molecule has 1 aromatic heterocycles. The molecule has 2 atom stereocenters. The van der Waals surface area contributed by atoms with E-state index in [0.717, 1.165) is 6.42 Å². The zero-order valence-electron chi connectivity index (χ0n) is 9.14. The highest BCUT2D eigenvalue weighted by Crippen LogP contribution is 2.42. The van der Waals surface area contributed by atoms with Crippen LogP contribution in [0.4, 0.5) is 0 Å². The lowest BCUT2D eigenvalue weighted by atomic mass is 10.2. The number of rotatable bonds is 5. The molecule has 0 aliphatic heterocycles. The Hall–Kier alpha value is -0.940. The van der Waals surface area contributed by atoms with Gasteiger partial charge in [0.1, 0.15) is 6.10 Å². The van der Waals surface area contributed by atoms with Gasteiger partial charge in [0.15, 0.2) is 0 Å². The zero-order chi connectivity index (χ0) is 10.8. The predicted octanol–water partition coefficient (Wildman–Crippen LogP) is 1.58. The van der Waals surface area contributed by atoms with E-state index >= 15 is 0 Å². The Kier molecular flexibility index (Phi) is 3.02. The summed E-state index contributed by atoms with van der Waals surface area (Å²) in [5.74, 6) is 1.70. The second kappa shape index (κ2) is 4.28. The van der Waals surface area contributed by atoms with Gasteiger partial charge in [-0.05, 0) is 25.2 Å². The normalized spacial score (nSPS) is 20.2. The van der Waals surface area contributed by atoms with Gasteiger partial charge in [0.2, 0.25) is 11.7 Å². The molecular weight excluding hydrogens is 194 g/mol. The highest BCUT2D eigenvalue weighted by Gasteiger charge is 2.35. The van der Waals surface area contributed by atoms with E-state index in [1.165, 1.54) is 12.8 Å². The monoisotopic (exact) mass is 211 g/mol. The molecule has 2 unspecified atom stereocenters. The molecule has 1 aromatic rings. The van der Waals surface area contributed by atoms with Crippen LogP contribution in [0.15, 0.2) is 4.52 Å². The maximum atomic E-state index is 5.80. The van der Waals surface area contributed by atoms with Crippen molar-refractivity contribution in [1.29, 1.82) is 0 Å². The van der Waals surface area contributed by atoms with E-state index < -0.39 is 0 Å². The first kappa shape index (κ1) is 10.6. The lowest BCUT2D eigenvalue weighted by Gasteiger charge is -2.08. The lowest BCUT2D eigenvalue weighted by Crippen LogP contribution is -2.10. The first-order valence-electron chi connectivity index (χ1n) is 5.38. The van der Waals surface area contributed by atoms with Crippen LogP contribution in [-0.4, -0.2) is 17.3 Å². The quantitative estimate of drug-likeness (QED) is 0.800. The molecule has 2 rings (SSSR count). The van der Waals surface area contributed by atoms with Gasteiger partial charge in [-0.1, -0.05) is 12.1 Å². The predicted molar refractivity (Wildman–Crippen MR) is 54.0 cm³/mol. The van der Waals surface area contributed by atoms with Crippen molar-refractivity contribution in [2.75, 3.05) is 7.11 Å². The Bertz CT molecular complexity index is 322. The van der Waals surface area contributed by atoms with Crippen molar-refractivity contribution in [2.24, 2.45) is 11.7 Å². The number of methoxy groups -OCH3 is 1. The number of hydrogen-bond donors (Lipinski definition) is 1. The maximum absolute atomic E-state index is 5.80. The first-order valence-corrected chi connectivity index (χ1v) is 5.38. The Morgan fingerprint density at radius 1 is 1.60 bits per heavy atom. The fourth-order valence-electron chi connectivity index (χ4n) is 1.60. The third kappa shape index (κ3) is 2.18. The molecule has 1 aliphatic rings. The summed E-state index contributed by atoms with van der Waals surface area (Å²) in [6, 6.07) is -0.164. The summed E-state index contributed by atoms with van der Waals surface area (Å²) in [6.07, 6.45) is 3.14. The lowest BCUT2D eigenvalue weighted by molar-refractivity contribution is 0.0751. The van der Waals surface area contributed by atoms with Crippen LogP contribution in [0.2, 0.25) is 0 Å². The smallest absolute Gasteiger partial charge is 0.243 e. The SMILES string of the molecule is CCC(N)c1nc(C(OC)C2CC2)no1. The van der Waals surface area contributed by atoms with Crippen molar-refractivity contribution in [3.63, 3.8) is 0 Å². The van der Waals surface area contributed by atoms with Crippen LogP contribution in [-0.2, 0) is 4.74 Å². The minimum Gasteiger partial charge on any atom is -0.373 e. The molecule has 5 heteroatoms. The van der Waals surface area contributed by atoms with E-state index in [1.54, 1.807) is 7.11 Å². The van der Waals surface area contributed by atoms with Crippen LogP contribution in [0.1, 0.15) is 50.0 Å². The summed E-state index contributed by atoms with van der Waals surface area (Å²) in [4.78, 5) is 4.29. The average Bonchev–Trinajstić information content (AvgIpc) is 2.96. The van der Waals surface area contributed by atoms with Gasteiger partial charge in [0, 0.05) is 7.11 Å². The van der Waals surface area contributed by atoms with Crippen LogP contribution < -0.4 is 5.73 Å². The standard InChI is InChI=1S/C10H17N3O2/c1-3-7(11)10-12-9(13-15-10)8(14-2)6-4-5-6/h6-8H,3-5,11H2,1-2H3. The molecule has 0 radical (unpaired) electrons. The molecule has 0 amide bonds. The van der Waals surface area contributed by atoms with Crippen molar-refractivity contribution in [3.8, 4) is 0 Å². The molecule has 0 aromatic carbocycles. The molecule has 1 saturated carbocycles. The van der Waals surface area contributed by atoms with Gasteiger partial charge in [0.05, 0.1) is 6.04 Å². The van der Waals surface area contributed by atoms with Crippen LogP contribution in [0.25, 0.3) is 0 Å². The molecule has 84 valence electrons. The van der Waals surface area contributed by atoms with Gasteiger partial charge in [-0.3, -0.25) is 0 Å². The molecule has 1 fully saturated rings. The average molecular weight is 211 g/mol. The summed E-state index contributed by atoms with van der Waals surface area (Å²) in [5.41, 5.74) is 5.80. The fourth-order valence-corrected chi connectivity index (χ4v) is 1.60. The number of nitrogens with two attached hydrogens (primary N) is 1. The van der Waals surface area contributed by atoms with E-state index in [2.05, 4.69) is 10.1 Å². The third-order valence-electron chi connectivity index (χ3n) is 2.77. The van der Waals surface area contributed by atoms with E-state index in [-0.39, 0.29) is 12.1 Å². The molecule has 5 nitrogen and oxygen atoms in total. The van der Waals surface area contributed by atoms with Crippen molar-refractivity contribution in [1.82, 2.24) is 10.1 Å². The van der Waals surface area contributed by atoms with Gasteiger partial charge in [0.25, 0.3) is 0 Å². The van der Waals surface area contributed by atoms with Gasteiger partial charge in [-0.25, -0.2) is 0 Å². The number of ether oxygens (including phenoxy) is 1. The second-order valence-electron chi connectivity index (χ2n) is 4.00. The van der Waals surface area contributed by atoms with Gasteiger partial charge in [-0.2, -0.15) is 4.98 Å². The van der Waals surface area contributed by atoms with Crippen LogP contribution in [0.5, 0.6) is 0 Å². The van der Waals surface area contributed by atoms with Gasteiger partial charge >= 0.3 is 0 Å². The van der Waals surface area contributed by atoms with Gasteiger partial charge < -0.3 is 15.0 Å². The molecule has 0 saturated heterocycles. The second-order valence-corrected chi connectivity index (χ2v) is 4.00. The summed E-state index contributed by atoms with van der Waals surface area (Å²) in [5, 5.41) is 3.93. The largest absolute Gasteiger partial charge is 0.373 e. The summed E-state index contributed by atoms with van der Waals surface area (Å²) < 4.78 is 10.5. The molecule has 2 N–H and O–H groups in total. The highest BCUT2D eigenvalue weighted by molar-refractivity contribution is 4.99. The van der Waals surface area contributed by atoms with Crippen molar-refractivity contribution in [2.45, 2.75) is 38.3 Å². The van der Waals surface area contributed by atoms with E-state index in [9.17, 15) is 0 Å². The summed E-state index contributed by atoms with van der Waals surface area (Å²) in [6.45, 7) is 1.99. The molecule has 1 heterocycles. The Balaban J connectivity index is 2.10. The minimum atomic E-state index is -0.164. The number of aromatic nitrogens is 2. The highest BCUT2D eigenvalue weighted by atomic mass is 16.5. The van der Waals surface area contributed by atoms with Crippen LogP contribution in [0.3, 0.4) is 0 Å². The molecule has 0 bridgehead atoms. The Morgan fingerprint density at radius 3 is 2.87 bits per heavy atom. The Morgan fingerprint density at radius 2 is 2.33 bits per heavy atom. The third-order valence-corrected chi connectivity index (χ3v) is 2.77. The van der Waals surface area contributed by atoms with Crippen LogP contribution in [0, 0.1) is 5.92 Å². The molecular formula is C10H17N3O2. The van der Waals surface area contributed by atoms with Crippen molar-refractivity contribution >= 4 is 0 Å². The summed E-state index contributed by atoms with van der Waals surface area (Å²) >= 11 is 0. The van der Waals surface area contributed by atoms with Crippen LogP contribution >= 0.6 is 0 Å². The van der Waals surface area contributed by atoms with E-state index in [1.807, 2.05) is 6.92 Å². The maximum Gasteiger partial charge on any atom is 0.243 e. The van der Waals surface area contributed by atoms with Crippen molar-refractivity contribution in [3.05, 3.63) is 11.7 Å². The van der Waals surface area contributed by atoms with E-state index in [4.69, 9.17) is 15.0 Å². The first-order chi connectivity index (χ1) is 7.26. The summed E-state index contributed by atoms with van der Waals surface area (Å²) in [7, 11) is 1.68. The van der Waals surface area contributed by atoms with Crippen molar-refractivity contribution < 1.29 is 9.26 Å². The molecule has 1 aliphatic carbocycles. The zero-order valence-corrected chi connectivity index (χ0v) is 9.14. The molecule has 0 spiro atoms. The fraction of sp³-hybridized carbons (Fsp3) is 0.800.